The largest absolute Gasteiger partial charge is 0.446 e. The number of aromatic nitrogens is 1. The molecule has 1 aromatic heterocycles. The van der Waals surface area contributed by atoms with Gasteiger partial charge in [-0.1, -0.05) is 23.5 Å². The minimum Gasteiger partial charge on any atom is -0.324 e. The van der Waals surface area contributed by atoms with Gasteiger partial charge < -0.3 is 5.32 Å². The molecule has 0 aliphatic carbocycles. The lowest BCUT2D eigenvalue weighted by Crippen LogP contribution is -2.25. The van der Waals surface area contributed by atoms with Crippen molar-refractivity contribution in [2.45, 2.75) is 23.9 Å². The van der Waals surface area contributed by atoms with Crippen LogP contribution in [0.25, 0.3) is 0 Å². The highest BCUT2D eigenvalue weighted by molar-refractivity contribution is 8.00. The van der Waals surface area contributed by atoms with E-state index in [1.54, 1.807) is 12.3 Å². The normalized spacial score (nSPS) is 11.5. The second kappa shape index (κ2) is 6.57. The summed E-state index contributed by atoms with van der Waals surface area (Å²) in [4.78, 5) is 23.1. The van der Waals surface area contributed by atoms with E-state index >= 15 is 0 Å². The lowest BCUT2D eigenvalue weighted by atomic mass is 10.3. The van der Waals surface area contributed by atoms with Crippen LogP contribution in [0.2, 0.25) is 0 Å². The Morgan fingerprint density at radius 3 is 2.64 bits per heavy atom. The Labute approximate surface area is 132 Å². The van der Waals surface area contributed by atoms with Crippen LogP contribution < -0.4 is 10.2 Å². The van der Waals surface area contributed by atoms with Gasteiger partial charge in [0.25, 0.3) is 0 Å². The van der Waals surface area contributed by atoms with Gasteiger partial charge in [0.15, 0.2) is 0 Å². The van der Waals surface area contributed by atoms with Crippen LogP contribution in [0.5, 0.6) is 0 Å². The monoisotopic (exact) mass is 348 g/mol. The van der Waals surface area contributed by atoms with E-state index in [0.717, 1.165) is 11.3 Å². The van der Waals surface area contributed by atoms with Crippen molar-refractivity contribution >= 4 is 34.7 Å². The summed E-state index contributed by atoms with van der Waals surface area (Å²) >= 11 is 0.667. The van der Waals surface area contributed by atoms with Crippen molar-refractivity contribution in [3.8, 4) is 0 Å². The number of halogens is 3. The van der Waals surface area contributed by atoms with Crippen LogP contribution in [0, 0.1) is 6.92 Å². The predicted octanol–water partition coefficient (Wildman–Crippen LogP) is 3.47. The zero-order valence-corrected chi connectivity index (χ0v) is 12.9. The lowest BCUT2D eigenvalue weighted by Gasteiger charge is -2.12. The molecule has 0 fully saturated rings. The van der Waals surface area contributed by atoms with Crippen LogP contribution in [0.1, 0.15) is 5.69 Å². The van der Waals surface area contributed by atoms with E-state index in [1.807, 2.05) is 0 Å². The quantitative estimate of drug-likeness (QED) is 0.861. The van der Waals surface area contributed by atoms with Gasteiger partial charge in [0.2, 0.25) is 5.91 Å². The fourth-order valence-electron chi connectivity index (χ4n) is 1.71. The molecule has 0 radical (unpaired) electrons. The molecule has 0 unspecified atom stereocenters. The van der Waals surface area contributed by atoms with E-state index in [2.05, 4.69) is 5.32 Å². The zero-order valence-electron chi connectivity index (χ0n) is 11.3. The number of amides is 1. The number of hydrogen-bond acceptors (Lipinski definition) is 4. The van der Waals surface area contributed by atoms with Crippen molar-refractivity contribution in [2.24, 2.45) is 0 Å². The molecule has 9 heteroatoms. The summed E-state index contributed by atoms with van der Waals surface area (Å²) in [5, 5.41) is 4.03. The van der Waals surface area contributed by atoms with Gasteiger partial charge >= 0.3 is 10.4 Å². The van der Waals surface area contributed by atoms with Crippen molar-refractivity contribution in [3.63, 3.8) is 0 Å². The van der Waals surface area contributed by atoms with Gasteiger partial charge in [0.1, 0.15) is 6.54 Å². The molecule has 0 spiro atoms. The van der Waals surface area contributed by atoms with E-state index < -0.39 is 11.4 Å². The zero-order chi connectivity index (χ0) is 16.3. The summed E-state index contributed by atoms with van der Waals surface area (Å²) in [5.74, 6) is -0.557. The number of thiazole rings is 1. The maximum atomic E-state index is 12.5. The van der Waals surface area contributed by atoms with Crippen LogP contribution in [0.4, 0.5) is 18.9 Å². The highest BCUT2D eigenvalue weighted by atomic mass is 32.2. The number of hydrogen-bond donors (Lipinski definition) is 1. The molecule has 2 rings (SSSR count). The average Bonchev–Trinajstić information content (AvgIpc) is 2.71. The summed E-state index contributed by atoms with van der Waals surface area (Å²) in [6.45, 7) is 1.44. The first kappa shape index (κ1) is 16.6. The highest BCUT2D eigenvalue weighted by Crippen LogP contribution is 2.40. The summed E-state index contributed by atoms with van der Waals surface area (Å²) < 4.78 is 38.7. The minimum absolute atomic E-state index is 0.0655. The molecule has 1 N–H and O–H groups in total. The molecule has 4 nitrogen and oxygen atoms in total. The van der Waals surface area contributed by atoms with E-state index in [9.17, 15) is 22.8 Å². The van der Waals surface area contributed by atoms with Crippen LogP contribution in [0.3, 0.4) is 0 Å². The molecule has 118 valence electrons. The Balaban J connectivity index is 2.14. The molecule has 22 heavy (non-hydrogen) atoms. The molecule has 0 atom stereocenters. The molecule has 1 aromatic carbocycles. The smallest absolute Gasteiger partial charge is 0.324 e. The van der Waals surface area contributed by atoms with Crippen LogP contribution >= 0.6 is 23.1 Å². The lowest BCUT2D eigenvalue weighted by molar-refractivity contribution is -0.116. The van der Waals surface area contributed by atoms with Gasteiger partial charge in [-0.2, -0.15) is 13.2 Å². The maximum absolute atomic E-state index is 12.5. The van der Waals surface area contributed by atoms with Gasteiger partial charge in [-0.05, 0) is 30.8 Å². The van der Waals surface area contributed by atoms with Crippen molar-refractivity contribution < 1.29 is 18.0 Å². The van der Waals surface area contributed by atoms with Gasteiger partial charge in [-0.15, -0.1) is 0 Å². The molecule has 1 amide bonds. The van der Waals surface area contributed by atoms with Crippen molar-refractivity contribution in [1.82, 2.24) is 4.57 Å². The van der Waals surface area contributed by atoms with Crippen LogP contribution in [-0.2, 0) is 11.3 Å². The molecule has 0 bridgehead atoms. The third kappa shape index (κ3) is 4.38. The summed E-state index contributed by atoms with van der Waals surface area (Å²) in [6.07, 6.45) is 0. The van der Waals surface area contributed by atoms with Crippen molar-refractivity contribution in [1.29, 1.82) is 0 Å². The Hall–Kier alpha value is -1.74. The molecule has 0 aliphatic heterocycles. The summed E-state index contributed by atoms with van der Waals surface area (Å²) in [6, 6.07) is 5.64. The van der Waals surface area contributed by atoms with Crippen LogP contribution in [0.15, 0.2) is 39.3 Å². The summed E-state index contributed by atoms with van der Waals surface area (Å²) in [7, 11) is 0. The topological polar surface area (TPSA) is 51.1 Å². The SMILES string of the molecule is Cc1csc(=O)n1CC(=O)Nc1ccccc1SC(F)(F)F. The fourth-order valence-corrected chi connectivity index (χ4v) is 3.07. The number of nitrogens with zero attached hydrogens (tertiary/aromatic N) is 1. The number of anilines is 1. The molecule has 1 heterocycles. The van der Waals surface area contributed by atoms with Gasteiger partial charge in [-0.3, -0.25) is 14.2 Å². The number of thioether (sulfide) groups is 1. The second-order valence-electron chi connectivity index (χ2n) is 4.32. The number of alkyl halides is 3. The van der Waals surface area contributed by atoms with Gasteiger partial charge in [0, 0.05) is 16.0 Å². The minimum atomic E-state index is -4.44. The van der Waals surface area contributed by atoms with Crippen LogP contribution in [-0.4, -0.2) is 16.0 Å². The van der Waals surface area contributed by atoms with Gasteiger partial charge in [-0.25, -0.2) is 0 Å². The molecule has 0 aliphatic rings. The number of rotatable bonds is 4. The van der Waals surface area contributed by atoms with E-state index in [-0.39, 0.29) is 33.8 Å². The number of carbonyl (C=O) groups excluding carboxylic acids is 1. The number of para-hydroxylation sites is 1. The molecule has 0 saturated heterocycles. The third-order valence-corrected chi connectivity index (χ3v) is 4.35. The average molecular weight is 348 g/mol. The Bertz CT molecular complexity index is 737. The first-order valence-electron chi connectivity index (χ1n) is 6.06. The molecular weight excluding hydrogens is 337 g/mol. The predicted molar refractivity (Wildman–Crippen MR) is 80.3 cm³/mol. The number of nitrogens with one attached hydrogen (secondary N) is 1. The summed E-state index contributed by atoms with van der Waals surface area (Å²) in [5.41, 5.74) is -3.75. The highest BCUT2D eigenvalue weighted by Gasteiger charge is 2.30. The third-order valence-electron chi connectivity index (χ3n) is 2.66. The first-order valence-corrected chi connectivity index (χ1v) is 7.75. The first-order chi connectivity index (χ1) is 10.3. The van der Waals surface area contributed by atoms with E-state index in [1.165, 1.54) is 28.8 Å². The Morgan fingerprint density at radius 1 is 1.36 bits per heavy atom. The molecule has 0 saturated carbocycles. The van der Waals surface area contributed by atoms with E-state index in [4.69, 9.17) is 0 Å². The second-order valence-corrected chi connectivity index (χ2v) is 6.25. The van der Waals surface area contributed by atoms with Gasteiger partial charge in [0.05, 0.1) is 5.69 Å². The maximum Gasteiger partial charge on any atom is 0.446 e. The Morgan fingerprint density at radius 2 is 2.05 bits per heavy atom. The Kier molecular flexibility index (Phi) is 4.97. The van der Waals surface area contributed by atoms with E-state index in [0.29, 0.717) is 5.69 Å². The number of carbonyl (C=O) groups is 1. The number of benzene rings is 1. The molecular formula is C13H11F3N2O2S2. The van der Waals surface area contributed by atoms with Crippen molar-refractivity contribution in [2.75, 3.05) is 5.32 Å². The van der Waals surface area contributed by atoms with Crippen molar-refractivity contribution in [3.05, 3.63) is 45.0 Å². The fraction of sp³-hybridized carbons (Fsp3) is 0.231. The number of aryl methyl sites for hydroxylation is 1. The molecule has 2 aromatic rings. The standard InChI is InChI=1S/C13H11F3N2O2S2/c1-8-7-21-12(20)18(8)6-11(19)17-9-4-2-3-5-10(9)22-13(14,15)16/h2-5,7H,6H2,1H3,(H,17,19).